The van der Waals surface area contributed by atoms with E-state index in [2.05, 4.69) is 74.5 Å². The van der Waals surface area contributed by atoms with Crippen molar-refractivity contribution in [2.75, 3.05) is 199 Å². The first-order valence-electron chi connectivity index (χ1n) is 34.3. The summed E-state index contributed by atoms with van der Waals surface area (Å²) in [5.41, 5.74) is 0. The Morgan fingerprint density at radius 1 is 0.157 bits per heavy atom. The Hall–Kier alpha value is -2.92. The van der Waals surface area contributed by atoms with Crippen molar-refractivity contribution in [1.29, 1.82) is 0 Å². The lowest BCUT2D eigenvalue weighted by Gasteiger charge is -2.34. The Labute approximate surface area is 720 Å². The van der Waals surface area contributed by atoms with Gasteiger partial charge in [-0.25, -0.2) is 87.8 Å². The Bertz CT molecular complexity index is 3180. The van der Waals surface area contributed by atoms with Gasteiger partial charge in [-0.2, -0.15) is 18.1 Å². The summed E-state index contributed by atoms with van der Waals surface area (Å²) in [6.07, 6.45) is -61.6. The minimum atomic E-state index is -5.43. The molecule has 812 valence electrons. The van der Waals surface area contributed by atoms with Crippen LogP contribution >= 0.6 is 45.5 Å². The van der Waals surface area contributed by atoms with E-state index in [9.17, 15) is 220 Å². The predicted octanol–water partition coefficient (Wildman–Crippen LogP) is 26.5. The van der Waals surface area contributed by atoms with Crippen molar-refractivity contribution in [1.82, 2.24) is 0 Å². The fraction of sp³-hybridized carbons (Fsp3) is 1.00. The van der Waals surface area contributed by atoms with E-state index in [1.54, 1.807) is 0 Å². The summed E-state index contributed by atoms with van der Waals surface area (Å²) in [4.78, 5) is 0. The van der Waals surface area contributed by atoms with Gasteiger partial charge >= 0.3 is 94.3 Å². The second-order valence-corrected chi connectivity index (χ2v) is 37.4. The molecule has 2 aliphatic heterocycles. The minimum Gasteiger partial charge on any atom is -0.321 e. The summed E-state index contributed by atoms with van der Waals surface area (Å²) in [6, 6.07) is 0. The van der Waals surface area contributed by atoms with E-state index in [1.165, 1.54) is 0 Å². The number of hydrogen-bond acceptors (Lipinski definition) is 26. The molecule has 2 heterocycles. The molecule has 0 amide bonds. The van der Waals surface area contributed by atoms with Gasteiger partial charge in [-0.3, -0.25) is 65.5 Å². The van der Waals surface area contributed by atoms with Gasteiger partial charge in [0.25, 0.3) is 35.5 Å². The fourth-order valence-electron chi connectivity index (χ4n) is 6.61. The molecule has 0 saturated heterocycles. The third-order valence-electron chi connectivity index (χ3n) is 11.5. The van der Waals surface area contributed by atoms with Crippen molar-refractivity contribution in [2.45, 2.75) is 138 Å². The molecule has 0 N–H and O–H groups in total. The normalized spacial score (nSPS) is 18.2. The van der Waals surface area contributed by atoms with Gasteiger partial charge in [-0.05, 0) is 0 Å². The topological polar surface area (TPSA) is 259 Å². The van der Waals surface area contributed by atoms with Crippen LogP contribution in [0.2, 0.25) is 0 Å². The summed E-state index contributed by atoms with van der Waals surface area (Å²) in [5.74, 6) is -26.1. The molecule has 0 aromatic rings. The molecule has 0 fully saturated rings. The lowest BCUT2D eigenvalue weighted by molar-refractivity contribution is -0.328. The lowest BCUT2D eigenvalue weighted by Crippen LogP contribution is -2.29. The summed E-state index contributed by atoms with van der Waals surface area (Å²) in [5, 5.41) is 0. The van der Waals surface area contributed by atoms with Crippen LogP contribution in [0.3, 0.4) is 0 Å². The number of rotatable bonds is 56. The quantitative estimate of drug-likeness (QED) is 0.0405. The minimum absolute atomic E-state index is 0.641. The second kappa shape index (κ2) is 60.6. The van der Waals surface area contributed by atoms with Gasteiger partial charge < -0.3 is 27.1 Å². The molecule has 82 heteroatoms. The fourth-order valence-corrected chi connectivity index (χ4v) is 26.3. The second-order valence-electron chi connectivity index (χ2n) is 23.2. The third-order valence-corrected chi connectivity index (χ3v) is 29.2. The molecule has 0 spiro atoms. The predicted molar refractivity (Wildman–Crippen MR) is 353 cm³/mol. The van der Waals surface area contributed by atoms with Crippen LogP contribution in [0.1, 0.15) is 38.5 Å². The number of alkyl halides is 50. The highest BCUT2D eigenvalue weighted by Gasteiger charge is 2.51. The number of halogens is 50. The largest absolute Gasteiger partial charge is 0.522 e. The highest BCUT2D eigenvalue weighted by molar-refractivity contribution is 7.80. The maximum Gasteiger partial charge on any atom is 0.522 e. The maximum absolute atomic E-state index is 14.6. The summed E-state index contributed by atoms with van der Waals surface area (Å²) in [7, 11) is -30.0. The van der Waals surface area contributed by atoms with Crippen LogP contribution < -0.4 is 0 Å². The van der Waals surface area contributed by atoms with Gasteiger partial charge in [0.2, 0.25) is 14.9 Å². The van der Waals surface area contributed by atoms with Gasteiger partial charge in [0.15, 0.2) is 0 Å². The number of hydrogen-bond donors (Lipinski definition) is 0. The molecule has 26 nitrogen and oxygen atoms in total. The van der Waals surface area contributed by atoms with E-state index < -0.39 is 369 Å². The van der Waals surface area contributed by atoms with Gasteiger partial charge in [-0.15, -0.1) is 141 Å². The van der Waals surface area contributed by atoms with Gasteiger partial charge in [0.1, 0.15) is 93.0 Å². The zero-order valence-electron chi connectivity index (χ0n) is 66.5. The van der Waals surface area contributed by atoms with Crippen LogP contribution in [0.15, 0.2) is 27.1 Å². The van der Waals surface area contributed by atoms with E-state index in [0.717, 1.165) is 0 Å². The van der Waals surface area contributed by atoms with Crippen molar-refractivity contribution in [3.63, 3.8) is 0 Å². The Morgan fingerprint density at radius 3 is 0.410 bits per heavy atom. The molecule has 2 atom stereocenters. The average molecular weight is 2240 g/mol. The van der Waals surface area contributed by atoms with E-state index in [0.29, 0.717) is 13.3 Å². The van der Waals surface area contributed by atoms with Crippen molar-refractivity contribution < 1.29 is 312 Å². The first kappa shape index (κ1) is 137. The molecule has 2 rings (SSSR count). The van der Waals surface area contributed by atoms with Crippen molar-refractivity contribution in [2.24, 2.45) is 27.1 Å². The molecular formula is C52H74F50N6O20P6. The summed E-state index contributed by atoms with van der Waals surface area (Å²) in [6.45, 7) is -39.7. The lowest BCUT2D eigenvalue weighted by atomic mass is 10.3. The van der Waals surface area contributed by atoms with Crippen LogP contribution in [0, 0.1) is 0 Å². The standard InChI is InChI=1S/2C20H29F17N3O8P3.4C3H4F4O/c2*1-49(46-12-15(23,24)2-7-41-18(29,30)31)38-50(44-10-5-21,45-11-6-22)40-51(39-49,47-13-16(25,26)3-8-42-19(32,33)34)48-14-17(27,28)4-9-43-20(35,36)37;4*4-1-2-8-3(5,6)7/h2*2-14H2,1H3;4*1-2H2. The van der Waals surface area contributed by atoms with E-state index in [4.69, 9.17) is 45.2 Å². The molecule has 0 saturated carbocycles. The van der Waals surface area contributed by atoms with Gasteiger partial charge in [-0.1, -0.05) is 0 Å². The van der Waals surface area contributed by atoms with Crippen molar-refractivity contribution >= 4 is 45.5 Å². The molecule has 0 aliphatic carbocycles. The Balaban J connectivity index is -0.000000943. The van der Waals surface area contributed by atoms with Crippen LogP contribution in [0.25, 0.3) is 0 Å². The third kappa shape index (κ3) is 79.6. The first-order chi connectivity index (χ1) is 60.2. The molecule has 0 aromatic carbocycles. The first-order valence-corrected chi connectivity index (χ1v) is 44.5. The molecule has 0 aromatic heterocycles. The maximum atomic E-state index is 14.6. The molecular weight excluding hydrogens is 2160 g/mol. The highest BCUT2D eigenvalue weighted by atomic mass is 31.3. The molecule has 2 aliphatic rings. The Morgan fingerprint density at radius 2 is 0.284 bits per heavy atom. The van der Waals surface area contributed by atoms with Crippen molar-refractivity contribution in [3.8, 4) is 0 Å². The van der Waals surface area contributed by atoms with Crippen LogP contribution in [0.4, 0.5) is 220 Å². The smallest absolute Gasteiger partial charge is 0.321 e. The zero-order valence-corrected chi connectivity index (χ0v) is 71.8. The van der Waals surface area contributed by atoms with Crippen LogP contribution in [-0.2, 0) is 92.6 Å². The molecule has 0 bridgehead atoms. The van der Waals surface area contributed by atoms with Gasteiger partial charge in [0.05, 0.1) is 92.5 Å². The molecule has 0 radical (unpaired) electrons. The van der Waals surface area contributed by atoms with Crippen LogP contribution in [-0.4, -0.2) is 298 Å². The van der Waals surface area contributed by atoms with Crippen molar-refractivity contribution in [3.05, 3.63) is 0 Å². The molecule has 2 unspecified atom stereocenters. The Kier molecular flexibility index (Phi) is 62.1. The number of nitrogens with zero attached hydrogens (tertiary/aromatic N) is 6. The average Bonchev–Trinajstić information content (AvgIpc) is 0.751. The van der Waals surface area contributed by atoms with E-state index >= 15 is 0 Å². The molecule has 134 heavy (non-hydrogen) atoms. The number of ether oxygens (including phenoxy) is 10. The summed E-state index contributed by atoms with van der Waals surface area (Å²) < 4.78 is 725. The SMILES string of the molecule is CP1(OCC(F)(F)CCOC(F)(F)F)=NP(OCCF)(OCCF)=NP(OCC(F)(F)CCOC(F)(F)F)(OCC(F)(F)CCOC(F)(F)F)=N1.CP1(OCC(F)(F)CCOC(F)(F)F)=NP(OCCF)(OCCF)=NP(OCC(F)(F)CCOC(F)(F)F)(OCC(F)(F)CCOC(F)(F)F)=N1.FCCOC(F)(F)F.FCCOC(F)(F)F.FCCOC(F)(F)F.FCCOC(F)(F)F. The van der Waals surface area contributed by atoms with Gasteiger partial charge in [0, 0.05) is 51.9 Å². The monoisotopic (exact) mass is 2240 g/mol. The van der Waals surface area contributed by atoms with Crippen LogP contribution in [0.5, 0.6) is 0 Å². The van der Waals surface area contributed by atoms with E-state index in [-0.39, 0.29) is 0 Å². The zero-order chi connectivity index (χ0) is 105. The highest BCUT2D eigenvalue weighted by Crippen LogP contribution is 2.81. The summed E-state index contributed by atoms with van der Waals surface area (Å²) >= 11 is 0. The van der Waals surface area contributed by atoms with E-state index in [1.807, 2.05) is 0 Å².